The van der Waals surface area contributed by atoms with Crippen LogP contribution in [0.15, 0.2) is 18.7 Å². The van der Waals surface area contributed by atoms with Crippen molar-refractivity contribution in [1.82, 2.24) is 15.3 Å². The van der Waals surface area contributed by atoms with Gasteiger partial charge in [-0.15, -0.1) is 0 Å². The molecule has 3 heteroatoms. The summed E-state index contributed by atoms with van der Waals surface area (Å²) < 4.78 is 0. The van der Waals surface area contributed by atoms with E-state index in [0.717, 1.165) is 19.4 Å². The number of nitrogens with zero attached hydrogens (tertiary/aromatic N) is 2. The molecule has 1 unspecified atom stereocenters. The first kappa shape index (κ1) is 10.1. The Bertz CT molecular complexity index is 223. The van der Waals surface area contributed by atoms with Crippen molar-refractivity contribution >= 4 is 0 Å². The normalized spacial score (nSPS) is 12.8. The topological polar surface area (TPSA) is 37.8 Å². The van der Waals surface area contributed by atoms with Gasteiger partial charge in [-0.2, -0.15) is 0 Å². The lowest BCUT2D eigenvalue weighted by molar-refractivity contribution is 0.530. The van der Waals surface area contributed by atoms with Crippen LogP contribution in [-0.2, 0) is 6.42 Å². The second kappa shape index (κ2) is 5.65. The average Bonchev–Trinajstić information content (AvgIpc) is 2.17. The molecule has 72 valence electrons. The predicted molar refractivity (Wildman–Crippen MR) is 53.5 cm³/mol. The first-order chi connectivity index (χ1) is 6.33. The van der Waals surface area contributed by atoms with Gasteiger partial charge in [0.1, 0.15) is 6.33 Å². The van der Waals surface area contributed by atoms with Crippen LogP contribution < -0.4 is 5.32 Å². The Hall–Kier alpha value is -0.960. The molecule has 0 aliphatic heterocycles. The van der Waals surface area contributed by atoms with Gasteiger partial charge in [0.25, 0.3) is 0 Å². The quantitative estimate of drug-likeness (QED) is 0.742. The van der Waals surface area contributed by atoms with Crippen molar-refractivity contribution in [3.8, 4) is 0 Å². The van der Waals surface area contributed by atoms with Gasteiger partial charge in [-0.1, -0.05) is 6.92 Å². The van der Waals surface area contributed by atoms with E-state index in [-0.39, 0.29) is 0 Å². The minimum Gasteiger partial charge on any atom is -0.315 e. The second-order valence-electron chi connectivity index (χ2n) is 3.24. The van der Waals surface area contributed by atoms with Gasteiger partial charge in [0, 0.05) is 18.4 Å². The summed E-state index contributed by atoms with van der Waals surface area (Å²) in [5, 5.41) is 3.37. The molecule has 0 fully saturated rings. The molecule has 0 aliphatic rings. The van der Waals surface area contributed by atoms with Crippen LogP contribution in [0.25, 0.3) is 0 Å². The first-order valence-corrected chi connectivity index (χ1v) is 4.80. The number of aromatic nitrogens is 2. The van der Waals surface area contributed by atoms with E-state index in [1.54, 1.807) is 6.33 Å². The minimum absolute atomic E-state index is 0.574. The fourth-order valence-electron chi connectivity index (χ4n) is 1.29. The van der Waals surface area contributed by atoms with Gasteiger partial charge < -0.3 is 5.32 Å². The van der Waals surface area contributed by atoms with E-state index >= 15 is 0 Å². The molecule has 1 rings (SSSR count). The van der Waals surface area contributed by atoms with Crippen molar-refractivity contribution in [3.63, 3.8) is 0 Å². The highest BCUT2D eigenvalue weighted by molar-refractivity contribution is 5.02. The summed E-state index contributed by atoms with van der Waals surface area (Å²) in [6, 6.07) is 0.574. The third kappa shape index (κ3) is 3.99. The highest BCUT2D eigenvalue weighted by atomic mass is 14.9. The summed E-state index contributed by atoms with van der Waals surface area (Å²) in [5.41, 5.74) is 1.22. The molecule has 1 aromatic rings. The van der Waals surface area contributed by atoms with Gasteiger partial charge in [0.2, 0.25) is 0 Å². The number of aryl methyl sites for hydroxylation is 1. The maximum Gasteiger partial charge on any atom is 0.115 e. The summed E-state index contributed by atoms with van der Waals surface area (Å²) >= 11 is 0. The van der Waals surface area contributed by atoms with E-state index < -0.39 is 0 Å². The molecule has 0 saturated carbocycles. The number of nitrogens with one attached hydrogen (secondary N) is 1. The van der Waals surface area contributed by atoms with Crippen molar-refractivity contribution < 1.29 is 0 Å². The van der Waals surface area contributed by atoms with Gasteiger partial charge in [-0.3, -0.25) is 0 Å². The molecule has 13 heavy (non-hydrogen) atoms. The van der Waals surface area contributed by atoms with Gasteiger partial charge in [0.05, 0.1) is 0 Å². The van der Waals surface area contributed by atoms with E-state index in [0.29, 0.717) is 6.04 Å². The average molecular weight is 179 g/mol. The molecule has 1 aromatic heterocycles. The SMILES string of the molecule is CCNC(C)CCc1cncnc1. The molecule has 0 aliphatic carbocycles. The summed E-state index contributed by atoms with van der Waals surface area (Å²) in [5.74, 6) is 0. The van der Waals surface area contributed by atoms with Crippen molar-refractivity contribution in [2.75, 3.05) is 6.54 Å². The van der Waals surface area contributed by atoms with Crippen LogP contribution in [0.2, 0.25) is 0 Å². The molecule has 1 N–H and O–H groups in total. The van der Waals surface area contributed by atoms with Crippen LogP contribution in [0.4, 0.5) is 0 Å². The molecule has 1 heterocycles. The maximum absolute atomic E-state index is 3.98. The molecule has 0 aromatic carbocycles. The smallest absolute Gasteiger partial charge is 0.115 e. The Morgan fingerprint density at radius 1 is 1.38 bits per heavy atom. The minimum atomic E-state index is 0.574. The van der Waals surface area contributed by atoms with Crippen LogP contribution in [0.5, 0.6) is 0 Å². The Morgan fingerprint density at radius 2 is 2.08 bits per heavy atom. The molecular weight excluding hydrogens is 162 g/mol. The molecular formula is C10H17N3. The fourth-order valence-corrected chi connectivity index (χ4v) is 1.29. The maximum atomic E-state index is 3.98. The van der Waals surface area contributed by atoms with Crippen molar-refractivity contribution in [2.45, 2.75) is 32.7 Å². The van der Waals surface area contributed by atoms with E-state index in [1.165, 1.54) is 5.56 Å². The van der Waals surface area contributed by atoms with Crippen LogP contribution in [-0.4, -0.2) is 22.6 Å². The summed E-state index contributed by atoms with van der Waals surface area (Å²) in [4.78, 5) is 7.95. The van der Waals surface area contributed by atoms with Crippen LogP contribution in [0, 0.1) is 0 Å². The summed E-state index contributed by atoms with van der Waals surface area (Å²) in [6.45, 7) is 5.36. The van der Waals surface area contributed by atoms with Gasteiger partial charge in [-0.05, 0) is 31.9 Å². The van der Waals surface area contributed by atoms with E-state index in [2.05, 4.69) is 29.1 Å². The zero-order chi connectivity index (χ0) is 9.52. The lowest BCUT2D eigenvalue weighted by atomic mass is 10.1. The Morgan fingerprint density at radius 3 is 2.69 bits per heavy atom. The van der Waals surface area contributed by atoms with Crippen molar-refractivity contribution in [2.24, 2.45) is 0 Å². The van der Waals surface area contributed by atoms with E-state index in [1.807, 2.05) is 12.4 Å². The monoisotopic (exact) mass is 179 g/mol. The van der Waals surface area contributed by atoms with Gasteiger partial charge in [-0.25, -0.2) is 9.97 Å². The molecule has 1 atom stereocenters. The van der Waals surface area contributed by atoms with Crippen LogP contribution in [0.1, 0.15) is 25.8 Å². The number of hydrogen-bond acceptors (Lipinski definition) is 3. The predicted octanol–water partition coefficient (Wildman–Crippen LogP) is 1.41. The fraction of sp³-hybridized carbons (Fsp3) is 0.600. The Balaban J connectivity index is 2.27. The van der Waals surface area contributed by atoms with Crippen molar-refractivity contribution in [1.29, 1.82) is 0 Å². The third-order valence-electron chi connectivity index (χ3n) is 2.03. The lowest BCUT2D eigenvalue weighted by Gasteiger charge is -2.10. The van der Waals surface area contributed by atoms with Crippen LogP contribution >= 0.6 is 0 Å². The molecule has 0 saturated heterocycles. The summed E-state index contributed by atoms with van der Waals surface area (Å²) in [7, 11) is 0. The first-order valence-electron chi connectivity index (χ1n) is 4.80. The largest absolute Gasteiger partial charge is 0.315 e. The highest BCUT2D eigenvalue weighted by Crippen LogP contribution is 2.01. The number of rotatable bonds is 5. The van der Waals surface area contributed by atoms with Gasteiger partial charge in [0.15, 0.2) is 0 Å². The van der Waals surface area contributed by atoms with Gasteiger partial charge >= 0.3 is 0 Å². The Kier molecular flexibility index (Phi) is 4.40. The lowest BCUT2D eigenvalue weighted by Crippen LogP contribution is -2.25. The molecule has 0 amide bonds. The molecule has 0 radical (unpaired) electrons. The zero-order valence-electron chi connectivity index (χ0n) is 8.33. The molecule has 3 nitrogen and oxygen atoms in total. The Labute approximate surface area is 79.6 Å². The van der Waals surface area contributed by atoms with E-state index in [9.17, 15) is 0 Å². The highest BCUT2D eigenvalue weighted by Gasteiger charge is 2.00. The van der Waals surface area contributed by atoms with Crippen molar-refractivity contribution in [3.05, 3.63) is 24.3 Å². The standard InChI is InChI=1S/C10H17N3/c1-3-13-9(2)4-5-10-6-11-8-12-7-10/h6-9,13H,3-5H2,1-2H3. The molecule has 0 bridgehead atoms. The number of hydrogen-bond donors (Lipinski definition) is 1. The molecule has 0 spiro atoms. The third-order valence-corrected chi connectivity index (χ3v) is 2.03. The van der Waals surface area contributed by atoms with Crippen LogP contribution in [0.3, 0.4) is 0 Å². The second-order valence-corrected chi connectivity index (χ2v) is 3.24. The zero-order valence-corrected chi connectivity index (χ0v) is 8.33. The summed E-state index contributed by atoms with van der Waals surface area (Å²) in [6.07, 6.45) is 7.52. The van der Waals surface area contributed by atoms with E-state index in [4.69, 9.17) is 0 Å².